The average molecular weight is 938 g/mol. The first kappa shape index (κ1) is 52.1. The van der Waals surface area contributed by atoms with Crippen molar-refractivity contribution in [3.8, 4) is 0 Å². The normalized spacial score (nSPS) is 18.1. The number of hydrogen-bond donors (Lipinski definition) is 1. The van der Waals surface area contributed by atoms with E-state index in [4.69, 9.17) is 16.3 Å². The Morgan fingerprint density at radius 1 is 0.742 bits per heavy atom. The number of rotatable bonds is 15. The van der Waals surface area contributed by atoms with Gasteiger partial charge in [0.25, 0.3) is 0 Å². The number of esters is 1. The molecular formula is C52H68ClF3N4O6. The minimum absolute atomic E-state index is 0.340. The third-order valence-electron chi connectivity index (χ3n) is 13.9. The van der Waals surface area contributed by atoms with E-state index in [2.05, 4.69) is 17.4 Å². The van der Waals surface area contributed by atoms with Gasteiger partial charge >= 0.3 is 18.1 Å². The fourth-order valence-electron chi connectivity index (χ4n) is 9.79. The van der Waals surface area contributed by atoms with E-state index < -0.39 is 77.3 Å². The third-order valence-corrected chi connectivity index (χ3v) is 14.3. The molecule has 4 atom stereocenters. The Hall–Kier alpha value is -4.91. The summed E-state index contributed by atoms with van der Waals surface area (Å²) in [7, 11) is 2.20. The second-order valence-corrected chi connectivity index (χ2v) is 19.3. The van der Waals surface area contributed by atoms with E-state index in [-0.39, 0.29) is 0 Å². The van der Waals surface area contributed by atoms with E-state index in [1.165, 1.54) is 65.5 Å². The van der Waals surface area contributed by atoms with Crippen molar-refractivity contribution in [2.45, 2.75) is 147 Å². The first-order chi connectivity index (χ1) is 31.2. The van der Waals surface area contributed by atoms with Gasteiger partial charge in [0, 0.05) is 48.9 Å². The number of amides is 4. The van der Waals surface area contributed by atoms with Gasteiger partial charge in [-0.2, -0.15) is 13.2 Å². The molecule has 1 aliphatic heterocycles. The summed E-state index contributed by atoms with van der Waals surface area (Å²) in [6.07, 6.45) is 6.32. The molecule has 5 rings (SSSR count). The molecule has 360 valence electrons. The monoisotopic (exact) mass is 936 g/mol. The van der Waals surface area contributed by atoms with E-state index >= 15 is 0 Å². The number of ether oxygens (including phenoxy) is 1. The van der Waals surface area contributed by atoms with Crippen LogP contribution >= 0.6 is 11.6 Å². The molecular weight excluding hydrogens is 869 g/mol. The molecule has 66 heavy (non-hydrogen) atoms. The highest BCUT2D eigenvalue weighted by atomic mass is 35.5. The highest BCUT2D eigenvalue weighted by Gasteiger charge is 2.53. The number of carbonyl (C=O) groups excluding carboxylic acids is 5. The molecule has 0 spiro atoms. The Balaban J connectivity index is 1.53. The summed E-state index contributed by atoms with van der Waals surface area (Å²) >= 11 is 7.03. The van der Waals surface area contributed by atoms with Gasteiger partial charge in [-0.25, -0.2) is 0 Å². The van der Waals surface area contributed by atoms with Gasteiger partial charge in [-0.15, -0.1) is 0 Å². The SMILES string of the molecule is CC(C)[C@@H](C(=O)N[C@@H](CC(=O)OC(c1ccccc1)(c1ccc(C2CCCCCCCCC2)cc1)c1ccccc1Cl)C(=O)N1CCCC1)N(C)C(=O)C(C)(C(C)C)N(C)C(=O)C(F)(F)F. The van der Waals surface area contributed by atoms with Crippen molar-refractivity contribution in [2.75, 3.05) is 27.2 Å². The smallest absolute Gasteiger partial charge is 0.444 e. The lowest BCUT2D eigenvalue weighted by Gasteiger charge is -2.45. The molecule has 3 aromatic carbocycles. The van der Waals surface area contributed by atoms with Crippen LogP contribution < -0.4 is 5.32 Å². The standard InChI is InChI=1S/C52H68ClF3N4O6/c1-35(2)45(58(6)48(64)50(5,36(3)4)59(7)49(65)52(54,55)56)46(62)57-43(47(63)60-32-20-21-33-60)34-44(61)66-51(39-24-16-13-17-25-39,41-26-18-19-27-42(41)53)40-30-28-38(29-31-40)37-22-14-11-9-8-10-12-15-23-37/h13,16-19,24-31,35-37,43,45H,8-12,14-15,20-23,32-34H2,1-7H3,(H,57,62)/t43-,45-,50?,51?/m0/s1. The summed E-state index contributed by atoms with van der Waals surface area (Å²) in [5.41, 5.74) is -0.688. The maximum atomic E-state index is 14.8. The van der Waals surface area contributed by atoms with Gasteiger partial charge < -0.3 is 24.8 Å². The molecule has 1 aliphatic carbocycles. The lowest BCUT2D eigenvalue weighted by molar-refractivity contribution is -0.193. The predicted octanol–water partition coefficient (Wildman–Crippen LogP) is 10.2. The Bertz CT molecular complexity index is 2120. The van der Waals surface area contributed by atoms with Crippen LogP contribution in [0.15, 0.2) is 78.9 Å². The Labute approximate surface area is 393 Å². The van der Waals surface area contributed by atoms with Gasteiger partial charge in [-0.05, 0) is 62.0 Å². The van der Waals surface area contributed by atoms with E-state index in [9.17, 15) is 37.1 Å². The molecule has 0 radical (unpaired) electrons. The van der Waals surface area contributed by atoms with Crippen molar-refractivity contribution < 1.29 is 41.9 Å². The molecule has 3 aromatic rings. The van der Waals surface area contributed by atoms with Gasteiger partial charge in [-0.3, -0.25) is 24.0 Å². The topological polar surface area (TPSA) is 116 Å². The Morgan fingerprint density at radius 2 is 1.27 bits per heavy atom. The summed E-state index contributed by atoms with van der Waals surface area (Å²) in [6, 6.07) is 21.8. The molecule has 1 N–H and O–H groups in total. The fraction of sp³-hybridized carbons (Fsp3) is 0.558. The largest absolute Gasteiger partial charge is 0.471 e. The molecule has 0 bridgehead atoms. The number of carbonyl (C=O) groups is 5. The maximum Gasteiger partial charge on any atom is 0.471 e. The number of nitrogens with zero attached hydrogens (tertiary/aromatic N) is 3. The van der Waals surface area contributed by atoms with Crippen molar-refractivity contribution in [3.05, 3.63) is 106 Å². The van der Waals surface area contributed by atoms with Gasteiger partial charge in [0.2, 0.25) is 17.7 Å². The lowest BCUT2D eigenvalue weighted by atomic mass is 9.78. The van der Waals surface area contributed by atoms with Crippen molar-refractivity contribution in [2.24, 2.45) is 11.8 Å². The lowest BCUT2D eigenvalue weighted by Crippen LogP contribution is -2.66. The number of likely N-dealkylation sites (tertiary alicyclic amines) is 1. The van der Waals surface area contributed by atoms with Crippen LogP contribution in [0.25, 0.3) is 0 Å². The first-order valence-electron chi connectivity index (χ1n) is 23.6. The van der Waals surface area contributed by atoms with E-state index in [0.717, 1.165) is 50.5 Å². The second kappa shape index (κ2) is 22.7. The summed E-state index contributed by atoms with van der Waals surface area (Å²) in [4.78, 5) is 73.5. The van der Waals surface area contributed by atoms with Gasteiger partial charge in [0.15, 0.2) is 5.60 Å². The van der Waals surface area contributed by atoms with Crippen molar-refractivity contribution in [3.63, 3.8) is 0 Å². The van der Waals surface area contributed by atoms with E-state index in [1.807, 2.05) is 48.5 Å². The minimum Gasteiger partial charge on any atom is -0.444 e. The minimum atomic E-state index is -5.25. The molecule has 1 saturated heterocycles. The second-order valence-electron chi connectivity index (χ2n) is 18.9. The van der Waals surface area contributed by atoms with Gasteiger partial charge in [0.05, 0.1) is 6.42 Å². The fourth-order valence-corrected chi connectivity index (χ4v) is 10.1. The van der Waals surface area contributed by atoms with Crippen LogP contribution in [0.1, 0.15) is 140 Å². The number of hydrogen-bond acceptors (Lipinski definition) is 6. The summed E-state index contributed by atoms with van der Waals surface area (Å²) in [5.74, 6) is -6.31. The molecule has 0 aromatic heterocycles. The highest BCUT2D eigenvalue weighted by molar-refractivity contribution is 6.31. The van der Waals surface area contributed by atoms with E-state index in [0.29, 0.717) is 45.6 Å². The Morgan fingerprint density at radius 3 is 1.80 bits per heavy atom. The summed E-state index contributed by atoms with van der Waals surface area (Å²) in [5, 5.41) is 3.11. The molecule has 14 heteroatoms. The first-order valence-corrected chi connectivity index (χ1v) is 24.0. The van der Waals surface area contributed by atoms with Crippen molar-refractivity contribution in [1.82, 2.24) is 20.0 Å². The van der Waals surface area contributed by atoms with Crippen LogP contribution in [-0.4, -0.2) is 95.3 Å². The zero-order valence-electron chi connectivity index (χ0n) is 39.6. The molecule has 1 saturated carbocycles. The van der Waals surface area contributed by atoms with Crippen LogP contribution in [0.2, 0.25) is 5.02 Å². The number of halogens is 4. The summed E-state index contributed by atoms with van der Waals surface area (Å²) < 4.78 is 47.9. The molecule has 1 heterocycles. The number of alkyl halides is 3. The predicted molar refractivity (Wildman–Crippen MR) is 250 cm³/mol. The van der Waals surface area contributed by atoms with Crippen LogP contribution in [-0.2, 0) is 34.3 Å². The van der Waals surface area contributed by atoms with Crippen LogP contribution in [0.3, 0.4) is 0 Å². The maximum absolute atomic E-state index is 14.8. The molecule has 10 nitrogen and oxygen atoms in total. The van der Waals surface area contributed by atoms with Crippen LogP contribution in [0, 0.1) is 11.8 Å². The molecule has 2 aliphatic rings. The zero-order valence-corrected chi connectivity index (χ0v) is 40.4. The van der Waals surface area contributed by atoms with Gasteiger partial charge in [-0.1, -0.05) is 157 Å². The zero-order chi connectivity index (χ0) is 48.4. The quantitative estimate of drug-likeness (QED) is 0.120. The molecule has 4 amide bonds. The number of likely N-dealkylation sites (N-methyl/N-ethyl adjacent to an activating group) is 2. The average Bonchev–Trinajstić information content (AvgIpc) is 3.84. The molecule has 2 unspecified atom stereocenters. The van der Waals surface area contributed by atoms with Gasteiger partial charge in [0.1, 0.15) is 17.6 Å². The van der Waals surface area contributed by atoms with Crippen LogP contribution in [0.4, 0.5) is 13.2 Å². The number of nitrogens with one attached hydrogen (secondary N) is 1. The Kier molecular flexibility index (Phi) is 17.9. The van der Waals surface area contributed by atoms with Crippen molar-refractivity contribution in [1.29, 1.82) is 0 Å². The summed E-state index contributed by atoms with van der Waals surface area (Å²) in [6.45, 7) is 8.37. The van der Waals surface area contributed by atoms with Crippen LogP contribution in [0.5, 0.6) is 0 Å². The third kappa shape index (κ3) is 11.8. The molecule has 2 fully saturated rings. The number of benzene rings is 3. The highest BCUT2D eigenvalue weighted by Crippen LogP contribution is 2.45. The van der Waals surface area contributed by atoms with E-state index in [1.54, 1.807) is 36.9 Å². The van der Waals surface area contributed by atoms with Crippen molar-refractivity contribution >= 4 is 41.2 Å².